The zero-order valence-electron chi connectivity index (χ0n) is 23.1. The molecule has 246 valence electrons. The summed E-state index contributed by atoms with van der Waals surface area (Å²) in [5, 5.41) is 24.8. The number of rotatable bonds is 10. The molecule has 3 aromatic rings. The van der Waals surface area contributed by atoms with E-state index < -0.39 is 78.3 Å². The molecule has 46 heavy (non-hydrogen) atoms. The lowest BCUT2D eigenvalue weighted by atomic mass is 10.0. The van der Waals surface area contributed by atoms with Gasteiger partial charge in [0.2, 0.25) is 0 Å². The molecular formula is C26H19ClF8N6O5. The van der Waals surface area contributed by atoms with Crippen LogP contribution >= 0.6 is 11.6 Å². The number of nitrogens with zero attached hydrogens (tertiary/aromatic N) is 6. The maximum atomic E-state index is 14.1. The number of hydrogen-bond acceptors (Lipinski definition) is 7. The predicted octanol–water partition coefficient (Wildman–Crippen LogP) is 5.46. The Bertz CT molecular complexity index is 1740. The first-order valence-corrected chi connectivity index (χ1v) is 13.2. The van der Waals surface area contributed by atoms with Crippen LogP contribution in [-0.4, -0.2) is 65.9 Å². The standard InChI is InChI=1S/C26H19ClF8N6O5/c1-39-21(19(25(30,31)32)20(38-39)24(28,29)26(33,34)35)41-10-14(9-37-41)13-2-3-16(27)15(8-13)22(45)40(23(11-36)6-7-23)12-46-18(44)5-4-17(42)43/h2-3,8-10H,4-7,12H2,1H3,(H,42,43). The van der Waals surface area contributed by atoms with E-state index in [0.717, 1.165) is 23.4 Å². The van der Waals surface area contributed by atoms with Gasteiger partial charge in [0, 0.05) is 18.8 Å². The van der Waals surface area contributed by atoms with Gasteiger partial charge in [-0.1, -0.05) is 17.7 Å². The number of carbonyl (C=O) groups excluding carboxylic acids is 2. The van der Waals surface area contributed by atoms with Crippen molar-refractivity contribution in [3.63, 3.8) is 0 Å². The largest absolute Gasteiger partial charge is 0.481 e. The highest BCUT2D eigenvalue weighted by Crippen LogP contribution is 2.49. The van der Waals surface area contributed by atoms with Crippen molar-refractivity contribution in [2.24, 2.45) is 7.05 Å². The summed E-state index contributed by atoms with van der Waals surface area (Å²) in [5.41, 5.74) is -6.57. The van der Waals surface area contributed by atoms with Gasteiger partial charge in [0.15, 0.2) is 18.2 Å². The number of carboxylic acid groups (broad SMARTS) is 1. The number of halogens is 9. The Kier molecular flexibility index (Phi) is 8.83. The third-order valence-corrected chi connectivity index (χ3v) is 7.20. The lowest BCUT2D eigenvalue weighted by molar-refractivity contribution is -0.292. The summed E-state index contributed by atoms with van der Waals surface area (Å²) in [7, 11) is 0.715. The van der Waals surface area contributed by atoms with Crippen LogP contribution in [0.1, 0.15) is 47.3 Å². The fourth-order valence-corrected chi connectivity index (χ4v) is 4.55. The minimum absolute atomic E-state index is 0.0442. The number of ether oxygens (including phenoxy) is 1. The van der Waals surface area contributed by atoms with Crippen LogP contribution in [0.15, 0.2) is 30.6 Å². The number of benzene rings is 1. The molecule has 0 saturated heterocycles. The van der Waals surface area contributed by atoms with Crippen LogP contribution in [0.4, 0.5) is 35.1 Å². The Balaban J connectivity index is 1.71. The molecule has 2 heterocycles. The Morgan fingerprint density at radius 3 is 2.30 bits per heavy atom. The Morgan fingerprint density at radius 1 is 1.11 bits per heavy atom. The van der Waals surface area contributed by atoms with Gasteiger partial charge in [-0.15, -0.1) is 0 Å². The number of aromatic nitrogens is 4. The quantitative estimate of drug-likeness (QED) is 0.169. The average molecular weight is 683 g/mol. The van der Waals surface area contributed by atoms with Crippen molar-refractivity contribution in [3.8, 4) is 23.0 Å². The van der Waals surface area contributed by atoms with Gasteiger partial charge in [0.1, 0.15) is 11.1 Å². The van der Waals surface area contributed by atoms with Gasteiger partial charge in [0.05, 0.1) is 35.7 Å². The first-order valence-electron chi connectivity index (χ1n) is 12.8. The molecule has 1 amide bonds. The molecule has 20 heteroatoms. The molecule has 1 saturated carbocycles. The summed E-state index contributed by atoms with van der Waals surface area (Å²) in [4.78, 5) is 37.2. The lowest BCUT2D eigenvalue weighted by Crippen LogP contribution is -2.43. The number of carbonyl (C=O) groups is 3. The van der Waals surface area contributed by atoms with Crippen molar-refractivity contribution in [1.82, 2.24) is 24.5 Å². The normalized spacial score (nSPS) is 14.5. The molecule has 1 aromatic carbocycles. The summed E-state index contributed by atoms with van der Waals surface area (Å²) in [6.07, 6.45) is -11.0. The van der Waals surface area contributed by atoms with Crippen LogP contribution in [0.2, 0.25) is 5.02 Å². The molecule has 0 atom stereocenters. The average Bonchev–Trinajstić information content (AvgIpc) is 3.42. The first kappa shape index (κ1) is 34.1. The van der Waals surface area contributed by atoms with Crippen molar-refractivity contribution < 1.29 is 59.4 Å². The molecule has 1 fully saturated rings. The molecule has 1 aliphatic carbocycles. The van der Waals surface area contributed by atoms with Crippen LogP contribution in [-0.2, 0) is 33.5 Å². The summed E-state index contributed by atoms with van der Waals surface area (Å²) >= 11 is 6.23. The van der Waals surface area contributed by atoms with E-state index in [1.54, 1.807) is 0 Å². The number of aryl methyl sites for hydroxylation is 1. The number of amides is 1. The van der Waals surface area contributed by atoms with E-state index in [-0.39, 0.29) is 39.2 Å². The number of aliphatic carboxylic acids is 1. The van der Waals surface area contributed by atoms with Gasteiger partial charge in [0.25, 0.3) is 5.91 Å². The van der Waals surface area contributed by atoms with Crippen molar-refractivity contribution in [1.29, 1.82) is 5.26 Å². The summed E-state index contributed by atoms with van der Waals surface area (Å²) in [6, 6.07) is 5.60. The highest BCUT2D eigenvalue weighted by molar-refractivity contribution is 6.34. The third kappa shape index (κ3) is 6.47. The maximum Gasteiger partial charge on any atom is 0.459 e. The summed E-state index contributed by atoms with van der Waals surface area (Å²) in [6.45, 7) is -0.741. The number of alkyl halides is 8. The summed E-state index contributed by atoms with van der Waals surface area (Å²) < 4.78 is 114. The lowest BCUT2D eigenvalue weighted by Gasteiger charge is -2.27. The number of carboxylic acids is 1. The smallest absolute Gasteiger partial charge is 0.459 e. The minimum atomic E-state index is -6.39. The molecule has 1 aliphatic rings. The molecule has 0 radical (unpaired) electrons. The Labute approximate surface area is 257 Å². The molecule has 11 nitrogen and oxygen atoms in total. The van der Waals surface area contributed by atoms with Gasteiger partial charge in [-0.25, -0.2) is 9.36 Å². The van der Waals surface area contributed by atoms with E-state index in [4.69, 9.17) is 21.4 Å². The van der Waals surface area contributed by atoms with Gasteiger partial charge < -0.3 is 9.84 Å². The van der Waals surface area contributed by atoms with Crippen molar-refractivity contribution in [2.45, 2.75) is 49.5 Å². The van der Waals surface area contributed by atoms with Crippen LogP contribution in [0.25, 0.3) is 16.9 Å². The molecule has 4 rings (SSSR count). The fraction of sp³-hybridized carbons (Fsp3) is 0.385. The van der Waals surface area contributed by atoms with Crippen LogP contribution in [0, 0.1) is 11.3 Å². The molecule has 0 spiro atoms. The van der Waals surface area contributed by atoms with Crippen molar-refractivity contribution >= 4 is 29.4 Å². The highest BCUT2D eigenvalue weighted by Gasteiger charge is 2.64. The third-order valence-electron chi connectivity index (χ3n) is 6.87. The molecular weight excluding hydrogens is 664 g/mol. The van der Waals surface area contributed by atoms with E-state index in [1.165, 1.54) is 12.1 Å². The number of esters is 1. The second kappa shape index (κ2) is 11.9. The van der Waals surface area contributed by atoms with Gasteiger partial charge >= 0.3 is 30.2 Å². The van der Waals surface area contributed by atoms with Crippen molar-refractivity contribution in [3.05, 3.63) is 52.4 Å². The zero-order chi connectivity index (χ0) is 34.4. The fourth-order valence-electron chi connectivity index (χ4n) is 4.35. The Morgan fingerprint density at radius 2 is 1.76 bits per heavy atom. The molecule has 1 N–H and O–H groups in total. The second-order valence-corrected chi connectivity index (χ2v) is 10.4. The zero-order valence-corrected chi connectivity index (χ0v) is 23.8. The first-order chi connectivity index (χ1) is 21.2. The van der Waals surface area contributed by atoms with E-state index in [2.05, 4.69) is 10.2 Å². The van der Waals surface area contributed by atoms with Gasteiger partial charge in [-0.2, -0.15) is 50.6 Å². The highest BCUT2D eigenvalue weighted by atomic mass is 35.5. The number of nitriles is 1. The Hall–Kier alpha value is -4.73. The maximum absolute atomic E-state index is 14.1. The van der Waals surface area contributed by atoms with E-state index >= 15 is 0 Å². The van der Waals surface area contributed by atoms with E-state index in [9.17, 15) is 54.8 Å². The molecule has 2 aromatic heterocycles. The topological polar surface area (TPSA) is 143 Å². The van der Waals surface area contributed by atoms with Crippen LogP contribution in [0.5, 0.6) is 0 Å². The minimum Gasteiger partial charge on any atom is -0.481 e. The predicted molar refractivity (Wildman–Crippen MR) is 137 cm³/mol. The van der Waals surface area contributed by atoms with Crippen LogP contribution in [0.3, 0.4) is 0 Å². The van der Waals surface area contributed by atoms with Gasteiger partial charge in [-0.3, -0.25) is 19.3 Å². The molecule has 0 bridgehead atoms. The second-order valence-electron chi connectivity index (χ2n) is 10.0. The van der Waals surface area contributed by atoms with Gasteiger partial charge in [-0.05, 0) is 30.5 Å². The van der Waals surface area contributed by atoms with Crippen molar-refractivity contribution in [2.75, 3.05) is 6.73 Å². The monoisotopic (exact) mass is 682 g/mol. The SMILES string of the molecule is Cn1nc(C(F)(F)C(F)(F)F)c(C(F)(F)F)c1-n1cc(-c2ccc(Cl)c(C(=O)N(COC(=O)CCC(=O)O)C3(C#N)CC3)c2)cn1. The number of hydrogen-bond donors (Lipinski definition) is 1. The van der Waals surface area contributed by atoms with E-state index in [0.29, 0.717) is 11.7 Å². The molecule has 0 aliphatic heterocycles. The van der Waals surface area contributed by atoms with Crippen LogP contribution < -0.4 is 0 Å². The summed E-state index contributed by atoms with van der Waals surface area (Å²) in [5.74, 6) is -10.4. The molecule has 0 unspecified atom stereocenters. The van der Waals surface area contributed by atoms with E-state index in [1.807, 2.05) is 6.07 Å².